The minimum Gasteiger partial charge on any atom is -0.348 e. The van der Waals surface area contributed by atoms with E-state index < -0.39 is 0 Å². The molecule has 0 aromatic heterocycles. The van der Waals surface area contributed by atoms with Crippen LogP contribution < -0.4 is 0 Å². The van der Waals surface area contributed by atoms with Crippen LogP contribution in [0.1, 0.15) is 72.1 Å². The van der Waals surface area contributed by atoms with Gasteiger partial charge in [-0.3, -0.25) is 4.79 Å². The van der Waals surface area contributed by atoms with Crippen LogP contribution >= 0.6 is 0 Å². The van der Waals surface area contributed by atoms with Gasteiger partial charge in [-0.05, 0) is 86.5 Å². The van der Waals surface area contributed by atoms with Crippen LogP contribution in [0.15, 0.2) is 11.6 Å². The van der Waals surface area contributed by atoms with Crippen LogP contribution in [0.3, 0.4) is 0 Å². The molecule has 1 heterocycles. The fourth-order valence-corrected chi connectivity index (χ4v) is 8.15. The summed E-state index contributed by atoms with van der Waals surface area (Å²) in [5, 5.41) is 0. The minimum atomic E-state index is -0.364. The first-order valence-corrected chi connectivity index (χ1v) is 10.9. The molecule has 0 radical (unpaired) electrons. The van der Waals surface area contributed by atoms with E-state index in [9.17, 15) is 4.79 Å². The smallest absolute Gasteiger partial charge is 0.169 e. The largest absolute Gasteiger partial charge is 0.348 e. The SMILES string of the molecule is CC1([C@@H]2CC[C@@H]3[C@H]4CCC5=CC(=O)CC[C@]5(C)[C@@H]4CC[C@]32C)OCCO1. The van der Waals surface area contributed by atoms with Crippen molar-refractivity contribution in [1.29, 1.82) is 0 Å². The molecule has 1 saturated heterocycles. The zero-order valence-corrected chi connectivity index (χ0v) is 16.7. The first-order valence-electron chi connectivity index (χ1n) is 10.9. The fourth-order valence-electron chi connectivity index (χ4n) is 8.15. The molecule has 0 bridgehead atoms. The zero-order chi connectivity index (χ0) is 18.2. The molecule has 26 heavy (non-hydrogen) atoms. The van der Waals surface area contributed by atoms with E-state index in [4.69, 9.17) is 9.47 Å². The van der Waals surface area contributed by atoms with Crippen molar-refractivity contribution in [1.82, 2.24) is 0 Å². The van der Waals surface area contributed by atoms with Gasteiger partial charge in [0, 0.05) is 12.3 Å². The number of carbonyl (C=O) groups excluding carboxylic acids is 1. The molecule has 0 spiro atoms. The Morgan fingerprint density at radius 3 is 2.46 bits per heavy atom. The Bertz CT molecular complexity index is 646. The Labute approximate surface area is 157 Å². The van der Waals surface area contributed by atoms with Crippen LogP contribution in [0.2, 0.25) is 0 Å². The molecular formula is C23H34O3. The highest BCUT2D eigenvalue weighted by atomic mass is 16.7. The number of rotatable bonds is 1. The van der Waals surface area contributed by atoms with E-state index in [1.807, 2.05) is 6.08 Å². The summed E-state index contributed by atoms with van der Waals surface area (Å²) in [7, 11) is 0. The summed E-state index contributed by atoms with van der Waals surface area (Å²) in [4.78, 5) is 12.0. The highest BCUT2D eigenvalue weighted by molar-refractivity contribution is 5.91. The highest BCUT2D eigenvalue weighted by Crippen LogP contribution is 2.68. The molecule has 3 saturated carbocycles. The number of hydrogen-bond acceptors (Lipinski definition) is 3. The first kappa shape index (κ1) is 17.4. The number of ketones is 1. The van der Waals surface area contributed by atoms with E-state index in [0.29, 0.717) is 17.1 Å². The number of hydrogen-bond donors (Lipinski definition) is 0. The van der Waals surface area contributed by atoms with Crippen LogP contribution in [0.4, 0.5) is 0 Å². The minimum absolute atomic E-state index is 0.278. The van der Waals surface area contributed by atoms with Crippen molar-refractivity contribution >= 4 is 5.78 Å². The molecule has 4 aliphatic carbocycles. The molecule has 5 rings (SSSR count). The van der Waals surface area contributed by atoms with E-state index in [1.165, 1.54) is 37.7 Å². The molecule has 3 heteroatoms. The summed E-state index contributed by atoms with van der Waals surface area (Å²) < 4.78 is 12.2. The molecule has 0 aromatic rings. The van der Waals surface area contributed by atoms with Crippen molar-refractivity contribution in [2.75, 3.05) is 13.2 Å². The van der Waals surface area contributed by atoms with Gasteiger partial charge in [0.2, 0.25) is 0 Å². The quantitative estimate of drug-likeness (QED) is 0.669. The fraction of sp³-hybridized carbons (Fsp3) is 0.870. The zero-order valence-electron chi connectivity index (χ0n) is 16.7. The lowest BCUT2D eigenvalue weighted by Crippen LogP contribution is -2.53. The van der Waals surface area contributed by atoms with Gasteiger partial charge in [-0.25, -0.2) is 0 Å². The molecule has 0 unspecified atom stereocenters. The van der Waals surface area contributed by atoms with Gasteiger partial charge in [-0.1, -0.05) is 19.4 Å². The number of ether oxygens (including phenoxy) is 2. The van der Waals surface area contributed by atoms with Crippen LogP contribution in [0, 0.1) is 34.5 Å². The lowest BCUT2D eigenvalue weighted by Gasteiger charge is -2.58. The first-order chi connectivity index (χ1) is 12.4. The maximum absolute atomic E-state index is 12.0. The second-order valence-corrected chi connectivity index (χ2v) is 10.4. The second kappa shape index (κ2) is 5.67. The van der Waals surface area contributed by atoms with Crippen molar-refractivity contribution in [3.8, 4) is 0 Å². The molecule has 0 N–H and O–H groups in total. The summed E-state index contributed by atoms with van der Waals surface area (Å²) in [6, 6.07) is 0. The number of carbonyl (C=O) groups is 1. The average molecular weight is 359 g/mol. The van der Waals surface area contributed by atoms with Gasteiger partial charge < -0.3 is 9.47 Å². The summed E-state index contributed by atoms with van der Waals surface area (Å²) in [5.41, 5.74) is 2.10. The number of fused-ring (bicyclic) bond motifs is 5. The monoisotopic (exact) mass is 358 g/mol. The average Bonchev–Trinajstić information content (AvgIpc) is 3.19. The summed E-state index contributed by atoms with van der Waals surface area (Å²) in [6.07, 6.45) is 11.5. The van der Waals surface area contributed by atoms with E-state index in [2.05, 4.69) is 20.8 Å². The highest BCUT2D eigenvalue weighted by Gasteiger charge is 2.63. The lowest BCUT2D eigenvalue weighted by atomic mass is 9.46. The van der Waals surface area contributed by atoms with Gasteiger partial charge in [0.25, 0.3) is 0 Å². The van der Waals surface area contributed by atoms with Crippen molar-refractivity contribution in [2.24, 2.45) is 34.5 Å². The standard InChI is InChI=1S/C23H34O3/c1-21-10-8-16(24)14-15(21)4-5-17-18-6-7-20(23(3)25-12-13-26-23)22(18,2)11-9-19(17)21/h14,17-20H,4-13H2,1-3H3/t17-,18-,19-,20-,21+,22-/m1/s1. The molecule has 0 aromatic carbocycles. The molecule has 4 fully saturated rings. The third-order valence-corrected chi connectivity index (χ3v) is 9.46. The molecule has 0 amide bonds. The van der Waals surface area contributed by atoms with Crippen LogP contribution in [0.25, 0.3) is 0 Å². The van der Waals surface area contributed by atoms with E-state index in [-0.39, 0.29) is 11.2 Å². The maximum atomic E-state index is 12.0. The van der Waals surface area contributed by atoms with Gasteiger partial charge >= 0.3 is 0 Å². The van der Waals surface area contributed by atoms with Gasteiger partial charge in [0.1, 0.15) is 0 Å². The molecular weight excluding hydrogens is 324 g/mol. The van der Waals surface area contributed by atoms with Gasteiger partial charge in [0.15, 0.2) is 11.6 Å². The van der Waals surface area contributed by atoms with Crippen molar-refractivity contribution in [3.63, 3.8) is 0 Å². The third kappa shape index (κ3) is 2.22. The van der Waals surface area contributed by atoms with E-state index in [1.54, 1.807) is 0 Å². The summed E-state index contributed by atoms with van der Waals surface area (Å²) >= 11 is 0. The summed E-state index contributed by atoms with van der Waals surface area (Å²) in [6.45, 7) is 8.71. The summed E-state index contributed by atoms with van der Waals surface area (Å²) in [5.74, 6) is 2.91. The lowest BCUT2D eigenvalue weighted by molar-refractivity contribution is -0.214. The predicted octanol–water partition coefficient (Wildman–Crippen LogP) is 4.90. The van der Waals surface area contributed by atoms with Crippen molar-refractivity contribution in [2.45, 2.75) is 77.9 Å². The molecule has 3 nitrogen and oxygen atoms in total. The normalized spacial score (nSPS) is 50.0. The van der Waals surface area contributed by atoms with Crippen molar-refractivity contribution < 1.29 is 14.3 Å². The molecule has 6 atom stereocenters. The molecule has 1 aliphatic heterocycles. The van der Waals surface area contributed by atoms with E-state index >= 15 is 0 Å². The van der Waals surface area contributed by atoms with E-state index in [0.717, 1.165) is 50.2 Å². The van der Waals surface area contributed by atoms with Gasteiger partial charge in [-0.2, -0.15) is 0 Å². The Kier molecular flexibility index (Phi) is 3.80. The van der Waals surface area contributed by atoms with Gasteiger partial charge in [-0.15, -0.1) is 0 Å². The third-order valence-electron chi connectivity index (χ3n) is 9.46. The predicted molar refractivity (Wildman–Crippen MR) is 101 cm³/mol. The van der Waals surface area contributed by atoms with Crippen molar-refractivity contribution in [3.05, 3.63) is 11.6 Å². The number of allylic oxidation sites excluding steroid dienone is 1. The topological polar surface area (TPSA) is 35.5 Å². The van der Waals surface area contributed by atoms with Crippen LogP contribution in [0.5, 0.6) is 0 Å². The Balaban J connectivity index is 1.45. The molecule has 5 aliphatic rings. The Morgan fingerprint density at radius 2 is 1.69 bits per heavy atom. The Morgan fingerprint density at radius 1 is 0.923 bits per heavy atom. The second-order valence-electron chi connectivity index (χ2n) is 10.4. The van der Waals surface area contributed by atoms with Crippen LogP contribution in [-0.2, 0) is 14.3 Å². The van der Waals surface area contributed by atoms with Gasteiger partial charge in [0.05, 0.1) is 13.2 Å². The Hall–Kier alpha value is -0.670. The van der Waals surface area contributed by atoms with Crippen LogP contribution in [-0.4, -0.2) is 24.8 Å². The molecule has 144 valence electrons. The maximum Gasteiger partial charge on any atom is 0.169 e.